The first kappa shape index (κ1) is 14.0. The topological polar surface area (TPSA) is 26.3 Å². The van der Waals surface area contributed by atoms with Crippen LogP contribution in [-0.2, 0) is 9.53 Å². The number of hydrogen-bond donors (Lipinski definition) is 0. The largest absolute Gasteiger partial charge is 0.378 e. The van der Waals surface area contributed by atoms with Crippen LogP contribution in [0.3, 0.4) is 0 Å². The van der Waals surface area contributed by atoms with Crippen LogP contribution >= 0.6 is 0 Å². The lowest BCUT2D eigenvalue weighted by atomic mass is 9.78. The van der Waals surface area contributed by atoms with Crippen LogP contribution in [0, 0.1) is 11.8 Å². The second-order valence-corrected chi connectivity index (χ2v) is 6.12. The quantitative estimate of drug-likeness (QED) is 0.735. The number of rotatable bonds is 5. The lowest BCUT2D eigenvalue weighted by molar-refractivity contribution is -0.125. The van der Waals surface area contributed by atoms with E-state index in [-0.39, 0.29) is 0 Å². The van der Waals surface area contributed by atoms with Crippen molar-refractivity contribution in [2.24, 2.45) is 11.8 Å². The molecule has 0 aromatic heterocycles. The molecule has 1 saturated heterocycles. The van der Waals surface area contributed by atoms with Gasteiger partial charge in [-0.05, 0) is 57.3 Å². The molecule has 104 valence electrons. The summed E-state index contributed by atoms with van der Waals surface area (Å²) >= 11 is 0. The van der Waals surface area contributed by atoms with Gasteiger partial charge in [0.1, 0.15) is 5.78 Å². The highest BCUT2D eigenvalue weighted by molar-refractivity contribution is 5.81. The Morgan fingerprint density at radius 3 is 2.50 bits per heavy atom. The van der Waals surface area contributed by atoms with Crippen molar-refractivity contribution in [1.82, 2.24) is 0 Å². The SMILES string of the molecule is CCC1CCC(C(=O)CCC2CCCCO2)CC1. The van der Waals surface area contributed by atoms with Gasteiger partial charge < -0.3 is 4.74 Å². The highest BCUT2D eigenvalue weighted by Gasteiger charge is 2.26. The Balaban J connectivity index is 1.65. The van der Waals surface area contributed by atoms with Crippen LogP contribution in [0.25, 0.3) is 0 Å². The van der Waals surface area contributed by atoms with Gasteiger partial charge in [0.2, 0.25) is 0 Å². The summed E-state index contributed by atoms with van der Waals surface area (Å²) in [5, 5.41) is 0. The fourth-order valence-electron chi connectivity index (χ4n) is 3.44. The first-order valence-electron chi connectivity index (χ1n) is 7.94. The Kier molecular flexibility index (Phi) is 5.68. The van der Waals surface area contributed by atoms with E-state index in [4.69, 9.17) is 4.74 Å². The van der Waals surface area contributed by atoms with Gasteiger partial charge in [0.15, 0.2) is 0 Å². The van der Waals surface area contributed by atoms with E-state index in [1.165, 1.54) is 32.1 Å². The monoisotopic (exact) mass is 252 g/mol. The Morgan fingerprint density at radius 1 is 1.11 bits per heavy atom. The minimum Gasteiger partial charge on any atom is -0.378 e. The molecule has 0 aromatic carbocycles. The summed E-state index contributed by atoms with van der Waals surface area (Å²) < 4.78 is 5.70. The highest BCUT2D eigenvalue weighted by atomic mass is 16.5. The summed E-state index contributed by atoms with van der Waals surface area (Å²) in [5.41, 5.74) is 0. The van der Waals surface area contributed by atoms with E-state index >= 15 is 0 Å². The van der Waals surface area contributed by atoms with Crippen LogP contribution in [0.4, 0.5) is 0 Å². The van der Waals surface area contributed by atoms with E-state index in [0.717, 1.165) is 44.6 Å². The third-order valence-corrected chi connectivity index (χ3v) is 4.87. The van der Waals surface area contributed by atoms with E-state index in [9.17, 15) is 4.79 Å². The molecule has 1 aliphatic heterocycles. The van der Waals surface area contributed by atoms with Crippen LogP contribution in [-0.4, -0.2) is 18.5 Å². The van der Waals surface area contributed by atoms with Crippen molar-refractivity contribution in [3.8, 4) is 0 Å². The Labute approximate surface area is 111 Å². The van der Waals surface area contributed by atoms with Gasteiger partial charge in [-0.3, -0.25) is 4.79 Å². The number of carbonyl (C=O) groups excluding carboxylic acids is 1. The van der Waals surface area contributed by atoms with Gasteiger partial charge in [0, 0.05) is 18.9 Å². The van der Waals surface area contributed by atoms with E-state index in [1.54, 1.807) is 0 Å². The third-order valence-electron chi connectivity index (χ3n) is 4.87. The predicted octanol–water partition coefficient (Wildman–Crippen LogP) is 4.12. The molecule has 0 bridgehead atoms. The van der Waals surface area contributed by atoms with Crippen LogP contribution in [0.1, 0.15) is 71.1 Å². The number of ether oxygens (including phenoxy) is 1. The average molecular weight is 252 g/mol. The molecule has 1 atom stereocenters. The number of Topliss-reactive ketones (excluding diaryl/α,β-unsaturated/α-hetero) is 1. The van der Waals surface area contributed by atoms with Gasteiger partial charge in [-0.1, -0.05) is 13.3 Å². The molecule has 1 aliphatic carbocycles. The van der Waals surface area contributed by atoms with E-state index < -0.39 is 0 Å². The van der Waals surface area contributed by atoms with Gasteiger partial charge in [-0.2, -0.15) is 0 Å². The summed E-state index contributed by atoms with van der Waals surface area (Å²) in [4.78, 5) is 12.2. The lowest BCUT2D eigenvalue weighted by Crippen LogP contribution is -2.24. The van der Waals surface area contributed by atoms with Crippen molar-refractivity contribution < 1.29 is 9.53 Å². The second kappa shape index (κ2) is 7.28. The van der Waals surface area contributed by atoms with Crippen molar-refractivity contribution in [2.45, 2.75) is 77.2 Å². The van der Waals surface area contributed by atoms with Crippen LogP contribution in [0.5, 0.6) is 0 Å². The van der Waals surface area contributed by atoms with Crippen molar-refractivity contribution in [2.75, 3.05) is 6.61 Å². The molecular formula is C16H28O2. The Hall–Kier alpha value is -0.370. The molecule has 2 aliphatic rings. The van der Waals surface area contributed by atoms with Crippen molar-refractivity contribution in [3.05, 3.63) is 0 Å². The summed E-state index contributed by atoms with van der Waals surface area (Å²) in [5.74, 6) is 1.77. The Morgan fingerprint density at radius 2 is 1.89 bits per heavy atom. The summed E-state index contributed by atoms with van der Waals surface area (Å²) in [6.07, 6.45) is 11.8. The lowest BCUT2D eigenvalue weighted by Gasteiger charge is -2.27. The molecule has 2 fully saturated rings. The van der Waals surface area contributed by atoms with E-state index in [2.05, 4.69) is 6.92 Å². The predicted molar refractivity (Wildman–Crippen MR) is 73.6 cm³/mol. The highest BCUT2D eigenvalue weighted by Crippen LogP contribution is 2.32. The molecule has 2 rings (SSSR count). The zero-order valence-corrected chi connectivity index (χ0v) is 11.8. The molecule has 0 spiro atoms. The van der Waals surface area contributed by atoms with Gasteiger partial charge in [0.05, 0.1) is 6.10 Å². The summed E-state index contributed by atoms with van der Waals surface area (Å²) in [7, 11) is 0. The molecule has 1 unspecified atom stereocenters. The minimum absolute atomic E-state index is 0.370. The normalized spacial score (nSPS) is 33.3. The number of hydrogen-bond acceptors (Lipinski definition) is 2. The van der Waals surface area contributed by atoms with Crippen LogP contribution in [0.2, 0.25) is 0 Å². The molecule has 0 radical (unpaired) electrons. The maximum Gasteiger partial charge on any atom is 0.136 e. The molecule has 0 N–H and O–H groups in total. The van der Waals surface area contributed by atoms with Gasteiger partial charge in [-0.15, -0.1) is 0 Å². The Bertz CT molecular complexity index is 248. The second-order valence-electron chi connectivity index (χ2n) is 6.12. The van der Waals surface area contributed by atoms with Crippen LogP contribution in [0.15, 0.2) is 0 Å². The number of ketones is 1. The fraction of sp³-hybridized carbons (Fsp3) is 0.938. The molecule has 1 heterocycles. The molecule has 2 nitrogen and oxygen atoms in total. The summed E-state index contributed by atoms with van der Waals surface area (Å²) in [6.45, 7) is 3.17. The van der Waals surface area contributed by atoms with Crippen molar-refractivity contribution in [3.63, 3.8) is 0 Å². The zero-order valence-electron chi connectivity index (χ0n) is 11.8. The molecule has 0 aromatic rings. The van der Waals surface area contributed by atoms with E-state index in [0.29, 0.717) is 17.8 Å². The molecule has 1 saturated carbocycles. The average Bonchev–Trinajstić information content (AvgIpc) is 2.46. The van der Waals surface area contributed by atoms with E-state index in [1.807, 2.05) is 0 Å². The number of carbonyl (C=O) groups is 1. The standard InChI is InChI=1S/C16H28O2/c1-2-13-6-8-14(9-7-13)16(17)11-10-15-5-3-4-12-18-15/h13-15H,2-12H2,1H3. The minimum atomic E-state index is 0.370. The smallest absolute Gasteiger partial charge is 0.136 e. The van der Waals surface area contributed by atoms with Gasteiger partial charge in [-0.25, -0.2) is 0 Å². The molecular weight excluding hydrogens is 224 g/mol. The first-order chi connectivity index (χ1) is 8.79. The van der Waals surface area contributed by atoms with Crippen LogP contribution < -0.4 is 0 Å². The van der Waals surface area contributed by atoms with Crippen molar-refractivity contribution >= 4 is 5.78 Å². The molecule has 2 heteroatoms. The van der Waals surface area contributed by atoms with Gasteiger partial charge >= 0.3 is 0 Å². The maximum atomic E-state index is 12.2. The van der Waals surface area contributed by atoms with Gasteiger partial charge in [0.25, 0.3) is 0 Å². The fourth-order valence-corrected chi connectivity index (χ4v) is 3.44. The summed E-state index contributed by atoms with van der Waals surface area (Å²) in [6, 6.07) is 0. The molecule has 0 amide bonds. The molecule has 18 heavy (non-hydrogen) atoms. The van der Waals surface area contributed by atoms with Crippen molar-refractivity contribution in [1.29, 1.82) is 0 Å². The zero-order chi connectivity index (χ0) is 12.8. The third kappa shape index (κ3) is 4.08. The first-order valence-corrected chi connectivity index (χ1v) is 7.94. The maximum absolute atomic E-state index is 12.2.